The number of rotatable bonds is 3. The highest BCUT2D eigenvalue weighted by Crippen LogP contribution is 2.14. The average Bonchev–Trinajstić information content (AvgIpc) is 2.47. The maximum atomic E-state index is 12.1. The van der Waals surface area contributed by atoms with Crippen LogP contribution in [0.3, 0.4) is 0 Å². The summed E-state index contributed by atoms with van der Waals surface area (Å²) >= 11 is 7.16. The van der Waals surface area contributed by atoms with Crippen molar-refractivity contribution >= 4 is 57.5 Å². The van der Waals surface area contributed by atoms with Crippen molar-refractivity contribution in [1.82, 2.24) is 5.32 Å². The zero-order valence-electron chi connectivity index (χ0n) is 11.2. The Morgan fingerprint density at radius 2 is 1.82 bits per heavy atom. The van der Waals surface area contributed by atoms with Crippen molar-refractivity contribution in [2.24, 2.45) is 0 Å². The number of benzene rings is 2. The lowest BCUT2D eigenvalue weighted by molar-refractivity contribution is 0.0698. The lowest BCUT2D eigenvalue weighted by Crippen LogP contribution is -2.34. The number of halogens is 1. The normalized spacial score (nSPS) is 9.86. The first-order chi connectivity index (χ1) is 10.5. The predicted molar refractivity (Wildman–Crippen MR) is 96.2 cm³/mol. The second kappa shape index (κ2) is 7.32. The number of thiocarbonyl (C=S) groups is 1. The van der Waals surface area contributed by atoms with E-state index >= 15 is 0 Å². The molecule has 5 nitrogen and oxygen atoms in total. The highest BCUT2D eigenvalue weighted by molar-refractivity contribution is 14.1. The van der Waals surface area contributed by atoms with Crippen molar-refractivity contribution in [2.75, 3.05) is 5.32 Å². The van der Waals surface area contributed by atoms with Gasteiger partial charge < -0.3 is 10.4 Å². The molecule has 0 bridgehead atoms. The van der Waals surface area contributed by atoms with Gasteiger partial charge in [0.05, 0.1) is 11.3 Å². The SMILES string of the molecule is O=C(NC(=S)Nc1ccccc1C(=O)O)c1cccc(I)c1. The smallest absolute Gasteiger partial charge is 0.337 e. The minimum Gasteiger partial charge on any atom is -0.478 e. The topological polar surface area (TPSA) is 78.4 Å². The Labute approximate surface area is 145 Å². The Bertz CT molecular complexity index is 749. The van der Waals surface area contributed by atoms with Crippen LogP contribution in [0.4, 0.5) is 5.69 Å². The lowest BCUT2D eigenvalue weighted by atomic mass is 10.2. The van der Waals surface area contributed by atoms with Gasteiger partial charge in [0, 0.05) is 9.13 Å². The van der Waals surface area contributed by atoms with Crippen LogP contribution in [-0.4, -0.2) is 22.1 Å². The number of carbonyl (C=O) groups is 2. The van der Waals surface area contributed by atoms with Crippen LogP contribution >= 0.6 is 34.8 Å². The average molecular weight is 426 g/mol. The summed E-state index contributed by atoms with van der Waals surface area (Å²) in [4.78, 5) is 23.2. The van der Waals surface area contributed by atoms with Crippen LogP contribution in [0.5, 0.6) is 0 Å². The second-order valence-corrected chi connectivity index (χ2v) is 5.92. The van der Waals surface area contributed by atoms with E-state index in [2.05, 4.69) is 33.2 Å². The van der Waals surface area contributed by atoms with Gasteiger partial charge in [-0.05, 0) is 65.1 Å². The van der Waals surface area contributed by atoms with Crippen LogP contribution in [0.15, 0.2) is 48.5 Å². The molecule has 1 amide bonds. The molecule has 2 aromatic carbocycles. The Morgan fingerprint density at radius 1 is 1.09 bits per heavy atom. The third-order valence-corrected chi connectivity index (χ3v) is 3.59. The van der Waals surface area contributed by atoms with Gasteiger partial charge in [0.15, 0.2) is 5.11 Å². The van der Waals surface area contributed by atoms with Gasteiger partial charge in [-0.25, -0.2) is 4.79 Å². The third kappa shape index (κ3) is 4.25. The Morgan fingerprint density at radius 3 is 2.50 bits per heavy atom. The van der Waals surface area contributed by atoms with Crippen molar-refractivity contribution < 1.29 is 14.7 Å². The summed E-state index contributed by atoms with van der Waals surface area (Å²) in [5, 5.41) is 14.4. The van der Waals surface area contributed by atoms with Crippen LogP contribution < -0.4 is 10.6 Å². The fourth-order valence-corrected chi connectivity index (χ4v) is 2.48. The molecule has 0 unspecified atom stereocenters. The number of nitrogens with one attached hydrogen (secondary N) is 2. The number of amides is 1. The van der Waals surface area contributed by atoms with E-state index < -0.39 is 5.97 Å². The number of anilines is 1. The molecule has 0 aliphatic heterocycles. The summed E-state index contributed by atoms with van der Waals surface area (Å²) < 4.78 is 0.931. The van der Waals surface area contributed by atoms with Gasteiger partial charge in [0.25, 0.3) is 5.91 Å². The van der Waals surface area contributed by atoms with Crippen LogP contribution in [0, 0.1) is 3.57 Å². The van der Waals surface area contributed by atoms with E-state index in [1.165, 1.54) is 6.07 Å². The summed E-state index contributed by atoms with van der Waals surface area (Å²) in [6.07, 6.45) is 0. The number of carboxylic acid groups (broad SMARTS) is 1. The van der Waals surface area contributed by atoms with E-state index in [0.717, 1.165) is 3.57 Å². The van der Waals surface area contributed by atoms with Crippen LogP contribution in [0.1, 0.15) is 20.7 Å². The molecule has 7 heteroatoms. The molecule has 0 saturated carbocycles. The van der Waals surface area contributed by atoms with Crippen molar-refractivity contribution in [2.45, 2.75) is 0 Å². The summed E-state index contributed by atoms with van der Waals surface area (Å²) in [6.45, 7) is 0. The van der Waals surface area contributed by atoms with E-state index in [-0.39, 0.29) is 16.6 Å². The molecule has 0 spiro atoms. The molecule has 0 fully saturated rings. The van der Waals surface area contributed by atoms with E-state index in [4.69, 9.17) is 17.3 Å². The highest BCUT2D eigenvalue weighted by atomic mass is 127. The predicted octanol–water partition coefficient (Wildman–Crippen LogP) is 3.12. The van der Waals surface area contributed by atoms with Crippen molar-refractivity contribution in [3.05, 3.63) is 63.2 Å². The van der Waals surface area contributed by atoms with Gasteiger partial charge in [0.2, 0.25) is 0 Å². The minimum absolute atomic E-state index is 0.0394. The molecule has 0 aliphatic rings. The number of carboxylic acids is 1. The molecule has 112 valence electrons. The van der Waals surface area contributed by atoms with E-state index in [1.54, 1.807) is 36.4 Å². The molecule has 0 heterocycles. The fourth-order valence-electron chi connectivity index (χ4n) is 1.74. The first kappa shape index (κ1) is 16.4. The first-order valence-electron chi connectivity index (χ1n) is 6.17. The summed E-state index contributed by atoms with van der Waals surface area (Å²) in [7, 11) is 0. The van der Waals surface area contributed by atoms with Gasteiger partial charge in [-0.1, -0.05) is 18.2 Å². The van der Waals surface area contributed by atoms with Gasteiger partial charge in [-0.15, -0.1) is 0 Å². The lowest BCUT2D eigenvalue weighted by Gasteiger charge is -2.11. The molecule has 0 radical (unpaired) electrons. The van der Waals surface area contributed by atoms with Crippen molar-refractivity contribution in [1.29, 1.82) is 0 Å². The summed E-state index contributed by atoms with van der Waals surface area (Å²) in [6, 6.07) is 13.4. The number of hydrogen-bond donors (Lipinski definition) is 3. The van der Waals surface area contributed by atoms with Gasteiger partial charge in [-0.2, -0.15) is 0 Å². The number of para-hydroxylation sites is 1. The van der Waals surface area contributed by atoms with Gasteiger partial charge >= 0.3 is 5.97 Å². The Hall–Kier alpha value is -2.00. The zero-order chi connectivity index (χ0) is 16.1. The third-order valence-electron chi connectivity index (χ3n) is 2.72. The number of carbonyl (C=O) groups excluding carboxylic acids is 1. The summed E-state index contributed by atoms with van der Waals surface area (Å²) in [5.74, 6) is -1.43. The highest BCUT2D eigenvalue weighted by Gasteiger charge is 2.12. The fraction of sp³-hybridized carbons (Fsp3) is 0. The molecule has 3 N–H and O–H groups in total. The van der Waals surface area contributed by atoms with Crippen LogP contribution in [0.2, 0.25) is 0 Å². The second-order valence-electron chi connectivity index (χ2n) is 4.27. The molecular formula is C15H11IN2O3S. The molecular weight excluding hydrogens is 415 g/mol. The number of hydrogen-bond acceptors (Lipinski definition) is 3. The summed E-state index contributed by atoms with van der Waals surface area (Å²) in [5.41, 5.74) is 0.874. The molecule has 0 aromatic heterocycles. The number of aromatic carboxylic acids is 1. The largest absolute Gasteiger partial charge is 0.478 e. The Balaban J connectivity index is 2.08. The Kier molecular flexibility index (Phi) is 5.45. The van der Waals surface area contributed by atoms with Gasteiger partial charge in [-0.3, -0.25) is 10.1 Å². The van der Waals surface area contributed by atoms with Crippen molar-refractivity contribution in [3.63, 3.8) is 0 Å². The maximum Gasteiger partial charge on any atom is 0.337 e. The van der Waals surface area contributed by atoms with Crippen LogP contribution in [-0.2, 0) is 0 Å². The quantitative estimate of drug-likeness (QED) is 0.520. The molecule has 2 aromatic rings. The van der Waals surface area contributed by atoms with E-state index in [0.29, 0.717) is 11.3 Å². The standard InChI is InChI=1S/C15H11IN2O3S/c16-10-5-3-4-9(8-10)13(19)18-15(22)17-12-7-2-1-6-11(12)14(20)21/h1-8H,(H,20,21)(H2,17,18,19,22). The first-order valence-corrected chi connectivity index (χ1v) is 7.66. The van der Waals surface area contributed by atoms with Crippen molar-refractivity contribution in [3.8, 4) is 0 Å². The monoisotopic (exact) mass is 426 g/mol. The van der Waals surface area contributed by atoms with E-state index in [9.17, 15) is 9.59 Å². The molecule has 0 atom stereocenters. The molecule has 22 heavy (non-hydrogen) atoms. The maximum absolute atomic E-state index is 12.1. The molecule has 2 rings (SSSR count). The van der Waals surface area contributed by atoms with Crippen LogP contribution in [0.25, 0.3) is 0 Å². The minimum atomic E-state index is -1.07. The van der Waals surface area contributed by atoms with Gasteiger partial charge in [0.1, 0.15) is 0 Å². The van der Waals surface area contributed by atoms with E-state index in [1.807, 2.05) is 6.07 Å². The zero-order valence-corrected chi connectivity index (χ0v) is 14.1. The molecule has 0 aliphatic carbocycles. The molecule has 0 saturated heterocycles.